The van der Waals surface area contributed by atoms with Crippen LogP contribution in [0.4, 0.5) is 5.69 Å². The molecular weight excluding hydrogens is 338 g/mol. The predicted molar refractivity (Wildman–Crippen MR) is 78.7 cm³/mol. The molecule has 0 N–H and O–H groups in total. The van der Waals surface area contributed by atoms with Crippen LogP contribution in [-0.4, -0.2) is 38.1 Å². The van der Waals surface area contributed by atoms with Gasteiger partial charge in [0.1, 0.15) is 0 Å². The molecule has 0 aromatic heterocycles. The first kappa shape index (κ1) is 18.2. The average molecular weight is 352 g/mol. The minimum Gasteiger partial charge on any atom is -0.493 e. The summed E-state index contributed by atoms with van der Waals surface area (Å²) in [6.45, 7) is 2.66. The quantitative estimate of drug-likeness (QED) is 0.438. The summed E-state index contributed by atoms with van der Waals surface area (Å²) in [5.74, 6) is -0.561. The van der Waals surface area contributed by atoms with E-state index in [1.807, 2.05) is 0 Å². The lowest BCUT2D eigenvalue weighted by atomic mass is 10.1. The Morgan fingerprint density at radius 1 is 1.32 bits per heavy atom. The lowest BCUT2D eigenvalue weighted by Crippen LogP contribution is -2.19. The fourth-order valence-corrected chi connectivity index (χ4v) is 3.37. The van der Waals surface area contributed by atoms with Crippen LogP contribution in [-0.2, 0) is 9.84 Å². The molecule has 0 amide bonds. The molecule has 0 aliphatic rings. The standard InChI is InChI=1S/C12H14ClNO7S/c1-6(2)22(18,19)11-7(12(13)15)5-8(20-3)10(21-4)9(11)14(16)17/h5-6H,1-4H3. The minimum atomic E-state index is -4.17. The Bertz CT molecular complexity index is 727. The van der Waals surface area contributed by atoms with Crippen molar-refractivity contribution < 1.29 is 27.6 Å². The highest BCUT2D eigenvalue weighted by atomic mass is 35.5. The second-order valence-corrected chi connectivity index (χ2v) is 7.25. The van der Waals surface area contributed by atoms with Crippen molar-refractivity contribution >= 4 is 32.4 Å². The molecule has 22 heavy (non-hydrogen) atoms. The summed E-state index contributed by atoms with van der Waals surface area (Å²) in [4.78, 5) is 21.2. The van der Waals surface area contributed by atoms with Gasteiger partial charge in [-0.25, -0.2) is 8.42 Å². The lowest BCUT2D eigenvalue weighted by molar-refractivity contribution is -0.388. The maximum absolute atomic E-state index is 12.4. The van der Waals surface area contributed by atoms with Crippen molar-refractivity contribution in [3.63, 3.8) is 0 Å². The number of benzene rings is 1. The second kappa shape index (κ2) is 6.49. The van der Waals surface area contributed by atoms with Crippen LogP contribution in [0.3, 0.4) is 0 Å². The summed E-state index contributed by atoms with van der Waals surface area (Å²) in [7, 11) is -1.85. The topological polar surface area (TPSA) is 113 Å². The third-order valence-electron chi connectivity index (χ3n) is 2.90. The second-order valence-electron chi connectivity index (χ2n) is 4.46. The van der Waals surface area contributed by atoms with Crippen LogP contribution in [0.15, 0.2) is 11.0 Å². The van der Waals surface area contributed by atoms with Gasteiger partial charge < -0.3 is 9.47 Å². The van der Waals surface area contributed by atoms with Gasteiger partial charge in [-0.2, -0.15) is 0 Å². The maximum atomic E-state index is 12.4. The summed E-state index contributed by atoms with van der Waals surface area (Å²) in [5.41, 5.74) is -1.40. The number of methoxy groups -OCH3 is 2. The molecule has 1 aromatic carbocycles. The monoisotopic (exact) mass is 351 g/mol. The van der Waals surface area contributed by atoms with Gasteiger partial charge >= 0.3 is 5.69 Å². The van der Waals surface area contributed by atoms with Crippen LogP contribution in [0.2, 0.25) is 0 Å². The van der Waals surface area contributed by atoms with Gasteiger partial charge in [0.25, 0.3) is 5.24 Å². The van der Waals surface area contributed by atoms with Crippen molar-refractivity contribution in [2.75, 3.05) is 14.2 Å². The predicted octanol–water partition coefficient (Wildman–Crippen LogP) is 2.17. The number of sulfone groups is 1. The summed E-state index contributed by atoms with van der Waals surface area (Å²) in [5, 5.41) is 9.21. The van der Waals surface area contributed by atoms with Crippen LogP contribution >= 0.6 is 11.6 Å². The van der Waals surface area contributed by atoms with Crippen molar-refractivity contribution in [2.45, 2.75) is 24.0 Å². The molecule has 1 aromatic rings. The Morgan fingerprint density at radius 3 is 2.18 bits per heavy atom. The van der Waals surface area contributed by atoms with Gasteiger partial charge in [0.15, 0.2) is 20.5 Å². The van der Waals surface area contributed by atoms with E-state index in [1.54, 1.807) is 0 Å². The first-order valence-electron chi connectivity index (χ1n) is 5.96. The number of hydrogen-bond donors (Lipinski definition) is 0. The van der Waals surface area contributed by atoms with Crippen molar-refractivity contribution in [3.05, 3.63) is 21.7 Å². The molecule has 0 saturated heterocycles. The zero-order chi connectivity index (χ0) is 17.2. The van der Waals surface area contributed by atoms with E-state index in [4.69, 9.17) is 21.1 Å². The minimum absolute atomic E-state index is 0.166. The number of nitro benzene ring substituents is 1. The fraction of sp³-hybridized carbons (Fsp3) is 0.417. The summed E-state index contributed by atoms with van der Waals surface area (Å²) >= 11 is 5.40. The van der Waals surface area contributed by atoms with E-state index in [0.29, 0.717) is 0 Å². The van der Waals surface area contributed by atoms with E-state index in [2.05, 4.69) is 0 Å². The molecule has 0 aliphatic heterocycles. The highest BCUT2D eigenvalue weighted by Crippen LogP contribution is 2.45. The molecule has 0 saturated carbocycles. The fourth-order valence-electron chi connectivity index (χ4n) is 1.79. The molecule has 0 aliphatic carbocycles. The van der Waals surface area contributed by atoms with Gasteiger partial charge in [-0.05, 0) is 31.5 Å². The van der Waals surface area contributed by atoms with Crippen molar-refractivity contribution in [2.24, 2.45) is 0 Å². The van der Waals surface area contributed by atoms with Gasteiger partial charge in [0, 0.05) is 0 Å². The van der Waals surface area contributed by atoms with E-state index in [9.17, 15) is 23.3 Å². The highest BCUT2D eigenvalue weighted by Gasteiger charge is 2.39. The van der Waals surface area contributed by atoms with E-state index in [0.717, 1.165) is 13.2 Å². The molecule has 1 rings (SSSR count). The number of nitrogens with zero attached hydrogens (tertiary/aromatic N) is 1. The zero-order valence-electron chi connectivity index (χ0n) is 12.2. The Morgan fingerprint density at radius 2 is 1.86 bits per heavy atom. The van der Waals surface area contributed by atoms with Gasteiger partial charge in [0.05, 0.1) is 30.0 Å². The van der Waals surface area contributed by atoms with Gasteiger partial charge in [0.2, 0.25) is 5.75 Å². The van der Waals surface area contributed by atoms with E-state index >= 15 is 0 Å². The molecule has 0 unspecified atom stereocenters. The third-order valence-corrected chi connectivity index (χ3v) is 5.32. The first-order valence-corrected chi connectivity index (χ1v) is 7.89. The summed E-state index contributed by atoms with van der Waals surface area (Å²) in [6, 6.07) is 1.01. The summed E-state index contributed by atoms with van der Waals surface area (Å²) < 4.78 is 34.7. The number of hydrogen-bond acceptors (Lipinski definition) is 7. The average Bonchev–Trinajstić information content (AvgIpc) is 2.43. The Hall–Kier alpha value is -1.87. The highest BCUT2D eigenvalue weighted by molar-refractivity contribution is 7.92. The SMILES string of the molecule is COc1cc(C(=O)Cl)c(S(=O)(=O)C(C)C)c([N+](=O)[O-])c1OC. The normalized spacial score (nSPS) is 11.4. The van der Waals surface area contributed by atoms with E-state index in [-0.39, 0.29) is 5.75 Å². The van der Waals surface area contributed by atoms with E-state index < -0.39 is 47.1 Å². The van der Waals surface area contributed by atoms with Crippen molar-refractivity contribution in [1.29, 1.82) is 0 Å². The van der Waals surface area contributed by atoms with Gasteiger partial charge in [-0.15, -0.1) is 0 Å². The maximum Gasteiger partial charge on any atom is 0.334 e. The number of carbonyl (C=O) groups is 1. The first-order chi connectivity index (χ1) is 10.1. The smallest absolute Gasteiger partial charge is 0.334 e. The third kappa shape index (κ3) is 3.00. The number of ether oxygens (including phenoxy) is 2. The zero-order valence-corrected chi connectivity index (χ0v) is 13.8. The lowest BCUT2D eigenvalue weighted by Gasteiger charge is -2.15. The molecule has 0 atom stereocenters. The molecule has 0 spiro atoms. The van der Waals surface area contributed by atoms with Crippen molar-refractivity contribution in [1.82, 2.24) is 0 Å². The number of rotatable bonds is 6. The molecule has 0 radical (unpaired) electrons. The van der Waals surface area contributed by atoms with Crippen molar-refractivity contribution in [3.8, 4) is 11.5 Å². The van der Waals surface area contributed by atoms with Crippen LogP contribution < -0.4 is 9.47 Å². The Labute approximate surface area is 132 Å². The largest absolute Gasteiger partial charge is 0.493 e. The van der Waals surface area contributed by atoms with Gasteiger partial charge in [-0.1, -0.05) is 0 Å². The van der Waals surface area contributed by atoms with Gasteiger partial charge in [-0.3, -0.25) is 14.9 Å². The molecule has 0 fully saturated rings. The number of nitro groups is 1. The molecule has 122 valence electrons. The Kier molecular flexibility index (Phi) is 5.36. The van der Waals surface area contributed by atoms with Crippen LogP contribution in [0.25, 0.3) is 0 Å². The molecular formula is C12H14ClNO7S. The summed E-state index contributed by atoms with van der Waals surface area (Å²) in [6.07, 6.45) is 0. The van der Waals surface area contributed by atoms with Crippen LogP contribution in [0.1, 0.15) is 24.2 Å². The molecule has 0 bridgehead atoms. The molecule has 8 nitrogen and oxygen atoms in total. The Balaban J connectivity index is 4.10. The number of halogens is 1. The van der Waals surface area contributed by atoms with Crippen LogP contribution in [0, 0.1) is 10.1 Å². The van der Waals surface area contributed by atoms with E-state index in [1.165, 1.54) is 21.0 Å². The molecule has 10 heteroatoms. The molecule has 0 heterocycles. The number of carbonyl (C=O) groups excluding carboxylic acids is 1. The van der Waals surface area contributed by atoms with Crippen LogP contribution in [0.5, 0.6) is 11.5 Å².